The summed E-state index contributed by atoms with van der Waals surface area (Å²) in [5, 5.41) is 4.34. The number of hydrogen-bond donors (Lipinski definition) is 1. The summed E-state index contributed by atoms with van der Waals surface area (Å²) in [6, 6.07) is 7.02. The van der Waals surface area contributed by atoms with E-state index in [4.69, 9.17) is 10.6 Å². The topological polar surface area (TPSA) is 47.6 Å². The van der Waals surface area contributed by atoms with Crippen LogP contribution in [0.2, 0.25) is 0 Å². The molecule has 0 bridgehead atoms. The lowest BCUT2D eigenvalue weighted by molar-refractivity contribution is 0.139. The lowest BCUT2D eigenvalue weighted by Crippen LogP contribution is -2.22. The Labute approximate surface area is 147 Å². The molecular weight excluding hydrogens is 296 g/mol. The summed E-state index contributed by atoms with van der Waals surface area (Å²) in [5.74, 6) is 1.03. The summed E-state index contributed by atoms with van der Waals surface area (Å²) in [6.45, 7) is 7.99. The van der Waals surface area contributed by atoms with Crippen LogP contribution in [-0.2, 0) is 17.7 Å². The Bertz CT molecular complexity index is 539. The highest BCUT2D eigenvalue weighted by Crippen LogP contribution is 2.30. The molecule has 0 saturated carbocycles. The van der Waals surface area contributed by atoms with Crippen molar-refractivity contribution >= 4 is 5.71 Å². The zero-order valence-electron chi connectivity index (χ0n) is 15.7. The van der Waals surface area contributed by atoms with E-state index in [0.29, 0.717) is 11.8 Å². The quantitative estimate of drug-likeness (QED) is 0.400. The Morgan fingerprint density at radius 2 is 2.12 bits per heavy atom. The maximum absolute atomic E-state index is 5.97. The zero-order valence-corrected chi connectivity index (χ0v) is 15.7. The summed E-state index contributed by atoms with van der Waals surface area (Å²) >= 11 is 0. The summed E-state index contributed by atoms with van der Waals surface area (Å²) in [5.41, 5.74) is 11.5. The van der Waals surface area contributed by atoms with Crippen molar-refractivity contribution in [2.75, 3.05) is 13.2 Å². The fraction of sp³-hybridized carbons (Fsp3) is 0.667. The van der Waals surface area contributed by atoms with E-state index in [1.807, 2.05) is 0 Å². The van der Waals surface area contributed by atoms with Gasteiger partial charge in [-0.25, -0.2) is 0 Å². The van der Waals surface area contributed by atoms with Crippen LogP contribution >= 0.6 is 0 Å². The first-order chi connectivity index (χ1) is 11.7. The number of oxime groups is 1. The normalized spacial score (nSPS) is 19.0. The molecule has 1 aromatic rings. The van der Waals surface area contributed by atoms with E-state index >= 15 is 0 Å². The fourth-order valence-corrected chi connectivity index (χ4v) is 3.59. The van der Waals surface area contributed by atoms with Crippen molar-refractivity contribution in [3.63, 3.8) is 0 Å². The Morgan fingerprint density at radius 1 is 1.29 bits per heavy atom. The molecule has 3 nitrogen and oxygen atoms in total. The first kappa shape index (κ1) is 19.0. The van der Waals surface area contributed by atoms with Crippen LogP contribution < -0.4 is 5.73 Å². The van der Waals surface area contributed by atoms with Gasteiger partial charge in [-0.05, 0) is 68.2 Å². The lowest BCUT2D eigenvalue weighted by atomic mass is 9.80. The predicted molar refractivity (Wildman–Crippen MR) is 103 cm³/mol. The van der Waals surface area contributed by atoms with Gasteiger partial charge in [0.25, 0.3) is 0 Å². The molecule has 2 N–H and O–H groups in total. The Balaban J connectivity index is 2.01. The summed E-state index contributed by atoms with van der Waals surface area (Å²) in [4.78, 5) is 5.44. The molecule has 2 unspecified atom stereocenters. The van der Waals surface area contributed by atoms with E-state index in [1.54, 1.807) is 0 Å². The molecule has 1 aliphatic carbocycles. The highest BCUT2D eigenvalue weighted by atomic mass is 16.6. The van der Waals surface area contributed by atoms with Gasteiger partial charge in [-0.1, -0.05) is 50.0 Å². The minimum Gasteiger partial charge on any atom is -0.396 e. The third kappa shape index (κ3) is 5.07. The molecule has 0 saturated heterocycles. The van der Waals surface area contributed by atoms with E-state index < -0.39 is 0 Å². The third-order valence-corrected chi connectivity index (χ3v) is 5.24. The Kier molecular flexibility index (Phi) is 7.77. The van der Waals surface area contributed by atoms with E-state index in [-0.39, 0.29) is 0 Å². The van der Waals surface area contributed by atoms with E-state index in [1.165, 1.54) is 36.0 Å². The second-order valence-electron chi connectivity index (χ2n) is 7.11. The number of nitrogens with two attached hydrogens (primary N) is 1. The molecule has 0 heterocycles. The minimum absolute atomic E-state index is 0.508. The molecule has 1 aromatic carbocycles. The van der Waals surface area contributed by atoms with Crippen LogP contribution in [-0.4, -0.2) is 18.9 Å². The lowest BCUT2D eigenvalue weighted by Gasteiger charge is -2.26. The van der Waals surface area contributed by atoms with Crippen molar-refractivity contribution in [2.24, 2.45) is 16.8 Å². The van der Waals surface area contributed by atoms with Gasteiger partial charge in [-0.15, -0.1) is 0 Å². The monoisotopic (exact) mass is 330 g/mol. The van der Waals surface area contributed by atoms with Gasteiger partial charge in [0.15, 0.2) is 0 Å². The van der Waals surface area contributed by atoms with Gasteiger partial charge in [-0.3, -0.25) is 0 Å². The second-order valence-corrected chi connectivity index (χ2v) is 7.11. The van der Waals surface area contributed by atoms with Crippen LogP contribution in [0.15, 0.2) is 23.4 Å². The average molecular weight is 331 g/mol. The molecule has 2 atom stereocenters. The summed E-state index contributed by atoms with van der Waals surface area (Å²) in [6.07, 6.45) is 7.99. The standard InChI is InChI=1S/C21H34N2O/c1-4-6-12-24-23-16(3)17-8-9-19-14-20(11-10-18(19)13-17)21(15-22)7-5-2/h10-11,14,17,21H,4-9,12-13,15,22H2,1-3H3/b23-16+. The van der Waals surface area contributed by atoms with Crippen molar-refractivity contribution < 1.29 is 4.84 Å². The number of hydrogen-bond acceptors (Lipinski definition) is 3. The Morgan fingerprint density at radius 3 is 2.83 bits per heavy atom. The number of unbranched alkanes of at least 4 members (excludes halogenated alkanes) is 1. The van der Waals surface area contributed by atoms with Crippen molar-refractivity contribution in [1.82, 2.24) is 0 Å². The molecule has 24 heavy (non-hydrogen) atoms. The van der Waals surface area contributed by atoms with Gasteiger partial charge < -0.3 is 10.6 Å². The molecule has 0 aromatic heterocycles. The molecule has 0 radical (unpaired) electrons. The first-order valence-electron chi connectivity index (χ1n) is 9.67. The van der Waals surface area contributed by atoms with Gasteiger partial charge in [0.2, 0.25) is 0 Å². The van der Waals surface area contributed by atoms with Crippen LogP contribution in [0.4, 0.5) is 0 Å². The molecule has 1 aliphatic rings. The molecule has 0 spiro atoms. The fourth-order valence-electron chi connectivity index (χ4n) is 3.59. The maximum Gasteiger partial charge on any atom is 0.117 e. The molecular formula is C21H34N2O. The predicted octanol–water partition coefficient (Wildman–Crippen LogP) is 4.83. The molecule has 3 heteroatoms. The van der Waals surface area contributed by atoms with Crippen molar-refractivity contribution in [1.29, 1.82) is 0 Å². The van der Waals surface area contributed by atoms with Crippen LogP contribution in [0, 0.1) is 5.92 Å². The van der Waals surface area contributed by atoms with Crippen molar-refractivity contribution in [3.8, 4) is 0 Å². The number of aryl methyl sites for hydroxylation is 1. The van der Waals surface area contributed by atoms with Gasteiger partial charge in [0.05, 0.1) is 5.71 Å². The van der Waals surface area contributed by atoms with Crippen LogP contribution in [0.25, 0.3) is 0 Å². The SMILES string of the molecule is CCCCO/N=C(\C)C1CCc2cc(C(CN)CCC)ccc2C1. The number of nitrogens with zero attached hydrogens (tertiary/aromatic N) is 1. The summed E-state index contributed by atoms with van der Waals surface area (Å²) < 4.78 is 0. The minimum atomic E-state index is 0.508. The number of fused-ring (bicyclic) bond motifs is 1. The van der Waals surface area contributed by atoms with Gasteiger partial charge in [0.1, 0.15) is 6.61 Å². The highest BCUT2D eigenvalue weighted by Gasteiger charge is 2.22. The van der Waals surface area contributed by atoms with Crippen molar-refractivity contribution in [3.05, 3.63) is 34.9 Å². The molecule has 0 amide bonds. The van der Waals surface area contributed by atoms with Crippen molar-refractivity contribution in [2.45, 2.75) is 71.6 Å². The van der Waals surface area contributed by atoms with Gasteiger partial charge in [-0.2, -0.15) is 0 Å². The molecule has 134 valence electrons. The number of benzene rings is 1. The van der Waals surface area contributed by atoms with E-state index in [2.05, 4.69) is 44.1 Å². The molecule has 0 aliphatic heterocycles. The van der Waals surface area contributed by atoms with E-state index in [0.717, 1.165) is 44.5 Å². The molecule has 2 rings (SSSR count). The largest absolute Gasteiger partial charge is 0.396 e. The van der Waals surface area contributed by atoms with Crippen LogP contribution in [0.3, 0.4) is 0 Å². The van der Waals surface area contributed by atoms with Gasteiger partial charge in [0, 0.05) is 5.92 Å². The maximum atomic E-state index is 5.97. The highest BCUT2D eigenvalue weighted by molar-refractivity contribution is 5.84. The average Bonchev–Trinajstić information content (AvgIpc) is 2.62. The van der Waals surface area contributed by atoms with Crippen LogP contribution in [0.5, 0.6) is 0 Å². The van der Waals surface area contributed by atoms with Gasteiger partial charge >= 0.3 is 0 Å². The zero-order chi connectivity index (χ0) is 17.4. The first-order valence-corrected chi connectivity index (χ1v) is 9.67. The van der Waals surface area contributed by atoms with E-state index in [9.17, 15) is 0 Å². The summed E-state index contributed by atoms with van der Waals surface area (Å²) in [7, 11) is 0. The smallest absolute Gasteiger partial charge is 0.117 e. The Hall–Kier alpha value is -1.35. The second kappa shape index (κ2) is 9.83. The van der Waals surface area contributed by atoms with Crippen LogP contribution in [0.1, 0.15) is 75.5 Å². The third-order valence-electron chi connectivity index (χ3n) is 5.24. The number of rotatable bonds is 9. The molecule has 0 fully saturated rings.